The minimum absolute atomic E-state index is 0.176. The monoisotopic (exact) mass is 330 g/mol. The van der Waals surface area contributed by atoms with E-state index >= 15 is 0 Å². The molecule has 4 nitrogen and oxygen atoms in total. The fourth-order valence-corrected chi connectivity index (χ4v) is 2.08. The molecule has 0 aromatic rings. The smallest absolute Gasteiger partial charge is 0.330 e. The fourth-order valence-electron chi connectivity index (χ4n) is 2.08. The van der Waals surface area contributed by atoms with Gasteiger partial charge < -0.3 is 15.3 Å². The number of rotatable bonds is 13. The predicted octanol–water partition coefficient (Wildman–Crippen LogP) is 4.69. The van der Waals surface area contributed by atoms with Crippen molar-refractivity contribution in [1.82, 2.24) is 0 Å². The molecular formula is C19H38O4. The Morgan fingerprint density at radius 2 is 1.26 bits per heavy atom. The van der Waals surface area contributed by atoms with Gasteiger partial charge in [0.1, 0.15) is 0 Å². The van der Waals surface area contributed by atoms with Crippen LogP contribution in [0.2, 0.25) is 0 Å². The molecule has 3 N–H and O–H groups in total. The lowest BCUT2D eigenvalue weighted by molar-refractivity contribution is -0.132. The molecule has 2 atom stereocenters. The van der Waals surface area contributed by atoms with Gasteiger partial charge in [-0.05, 0) is 20.3 Å². The molecule has 138 valence electrons. The van der Waals surface area contributed by atoms with Gasteiger partial charge in [-0.1, -0.05) is 77.7 Å². The Bertz CT molecular complexity index is 275. The van der Waals surface area contributed by atoms with Gasteiger partial charge in [-0.25, -0.2) is 4.79 Å². The maximum atomic E-state index is 9.60. The highest BCUT2D eigenvalue weighted by Gasteiger charge is 2.09. The molecule has 0 saturated carbocycles. The quantitative estimate of drug-likeness (QED) is 0.338. The predicted molar refractivity (Wildman–Crippen MR) is 96.6 cm³/mol. The number of aliphatic hydroxyl groups excluding tert-OH is 2. The number of aliphatic hydroxyl groups is 2. The van der Waals surface area contributed by atoms with Crippen molar-refractivity contribution < 1.29 is 20.1 Å². The Hall–Kier alpha value is -0.870. The van der Waals surface area contributed by atoms with Gasteiger partial charge in [0, 0.05) is 5.57 Å². The van der Waals surface area contributed by atoms with Gasteiger partial charge in [0.15, 0.2) is 0 Å². The number of carbonyl (C=O) groups is 1. The van der Waals surface area contributed by atoms with E-state index in [0.29, 0.717) is 0 Å². The third-order valence-corrected chi connectivity index (χ3v) is 3.78. The summed E-state index contributed by atoms with van der Waals surface area (Å²) in [5.41, 5.74) is 0.176. The molecule has 0 spiro atoms. The van der Waals surface area contributed by atoms with E-state index < -0.39 is 18.2 Å². The van der Waals surface area contributed by atoms with E-state index in [1.54, 1.807) is 6.92 Å². The summed E-state index contributed by atoms with van der Waals surface area (Å²) < 4.78 is 0. The summed E-state index contributed by atoms with van der Waals surface area (Å²) in [5.74, 6) is -0.935. The van der Waals surface area contributed by atoms with E-state index in [1.165, 1.54) is 64.7 Å². The lowest BCUT2D eigenvalue weighted by Crippen LogP contribution is -2.21. The zero-order chi connectivity index (χ0) is 18.1. The Morgan fingerprint density at radius 3 is 1.57 bits per heavy atom. The zero-order valence-corrected chi connectivity index (χ0v) is 15.4. The van der Waals surface area contributed by atoms with Crippen molar-refractivity contribution in [3.8, 4) is 0 Å². The Kier molecular flexibility index (Phi) is 18.5. The van der Waals surface area contributed by atoms with Crippen molar-refractivity contribution in [3.05, 3.63) is 12.2 Å². The summed E-state index contributed by atoms with van der Waals surface area (Å²) in [7, 11) is 0. The molecule has 0 saturated heterocycles. The van der Waals surface area contributed by atoms with Gasteiger partial charge in [-0.2, -0.15) is 0 Å². The topological polar surface area (TPSA) is 77.8 Å². The molecule has 0 aromatic heterocycles. The minimum Gasteiger partial charge on any atom is -0.478 e. The van der Waals surface area contributed by atoms with E-state index in [9.17, 15) is 9.90 Å². The van der Waals surface area contributed by atoms with Crippen LogP contribution in [0, 0.1) is 0 Å². The minimum atomic E-state index is -0.935. The van der Waals surface area contributed by atoms with Gasteiger partial charge in [0.05, 0.1) is 12.2 Å². The summed E-state index contributed by atoms with van der Waals surface area (Å²) in [6.07, 6.45) is 12.7. The standard InChI is InChI=1S/C15H32O2.C4H6O2/c1-3-4-5-6-7-8-9-10-11-12-13-15(17)14(2)16;1-3(2)4(5)6/h14-17H,3-13H2,1-2H3;1H2,2H3,(H,5,6). The molecule has 0 aromatic carbocycles. The Morgan fingerprint density at radius 1 is 0.913 bits per heavy atom. The van der Waals surface area contributed by atoms with Crippen molar-refractivity contribution in [2.75, 3.05) is 0 Å². The SMILES string of the molecule is C=C(C)C(=O)O.CCCCCCCCCCCCC(O)C(C)O. The molecule has 0 aliphatic rings. The highest BCUT2D eigenvalue weighted by Crippen LogP contribution is 2.12. The molecule has 4 heteroatoms. The molecule has 0 aliphatic heterocycles. The van der Waals surface area contributed by atoms with Gasteiger partial charge >= 0.3 is 5.97 Å². The fraction of sp³-hybridized carbons (Fsp3) is 0.842. The van der Waals surface area contributed by atoms with Crippen LogP contribution in [0.1, 0.15) is 91.4 Å². The Labute approximate surface area is 142 Å². The van der Waals surface area contributed by atoms with Crippen molar-refractivity contribution in [1.29, 1.82) is 0 Å². The number of unbranched alkanes of at least 4 members (excludes halogenated alkanes) is 9. The summed E-state index contributed by atoms with van der Waals surface area (Å²) >= 11 is 0. The van der Waals surface area contributed by atoms with E-state index in [4.69, 9.17) is 10.2 Å². The van der Waals surface area contributed by atoms with Crippen LogP contribution in [0.3, 0.4) is 0 Å². The first kappa shape index (κ1) is 24.4. The van der Waals surface area contributed by atoms with Crippen molar-refractivity contribution in [2.45, 2.75) is 104 Å². The third kappa shape index (κ3) is 21.1. The molecule has 23 heavy (non-hydrogen) atoms. The summed E-state index contributed by atoms with van der Waals surface area (Å²) in [5, 5.41) is 26.4. The van der Waals surface area contributed by atoms with Crippen LogP contribution in [0.15, 0.2) is 12.2 Å². The molecule has 0 fully saturated rings. The van der Waals surface area contributed by atoms with E-state index in [1.807, 2.05) is 0 Å². The molecule has 2 unspecified atom stereocenters. The van der Waals surface area contributed by atoms with E-state index in [0.717, 1.165) is 12.8 Å². The molecule has 0 radical (unpaired) electrons. The number of carboxylic acid groups (broad SMARTS) is 1. The van der Waals surface area contributed by atoms with Crippen molar-refractivity contribution in [3.63, 3.8) is 0 Å². The van der Waals surface area contributed by atoms with Crippen LogP contribution in [0.4, 0.5) is 0 Å². The van der Waals surface area contributed by atoms with E-state index in [-0.39, 0.29) is 5.57 Å². The average Bonchev–Trinajstić information content (AvgIpc) is 2.49. The third-order valence-electron chi connectivity index (χ3n) is 3.78. The van der Waals surface area contributed by atoms with Crippen LogP contribution in [-0.4, -0.2) is 33.5 Å². The highest BCUT2D eigenvalue weighted by molar-refractivity contribution is 5.84. The first-order valence-corrected chi connectivity index (χ1v) is 9.07. The van der Waals surface area contributed by atoms with Gasteiger partial charge in [-0.15, -0.1) is 0 Å². The lowest BCUT2D eigenvalue weighted by atomic mass is 10.0. The van der Waals surface area contributed by atoms with Gasteiger partial charge in [-0.3, -0.25) is 0 Å². The second-order valence-electron chi connectivity index (χ2n) is 6.36. The number of hydrogen-bond donors (Lipinski definition) is 3. The average molecular weight is 331 g/mol. The second-order valence-corrected chi connectivity index (χ2v) is 6.36. The number of aliphatic carboxylic acids is 1. The molecule has 0 heterocycles. The summed E-state index contributed by atoms with van der Waals surface area (Å²) in [6, 6.07) is 0. The molecular weight excluding hydrogens is 292 g/mol. The number of carboxylic acids is 1. The van der Waals surface area contributed by atoms with Crippen LogP contribution in [-0.2, 0) is 4.79 Å². The molecule has 0 bridgehead atoms. The normalized spacial score (nSPS) is 12.9. The first-order chi connectivity index (χ1) is 10.8. The van der Waals surface area contributed by atoms with Gasteiger partial charge in [0.25, 0.3) is 0 Å². The van der Waals surface area contributed by atoms with Crippen molar-refractivity contribution in [2.24, 2.45) is 0 Å². The van der Waals surface area contributed by atoms with Crippen LogP contribution in [0.5, 0.6) is 0 Å². The molecule has 0 rings (SSSR count). The Balaban J connectivity index is 0. The maximum absolute atomic E-state index is 9.60. The first-order valence-electron chi connectivity index (χ1n) is 9.07. The summed E-state index contributed by atoms with van der Waals surface area (Å²) in [6.45, 7) is 8.51. The van der Waals surface area contributed by atoms with Gasteiger partial charge in [0.2, 0.25) is 0 Å². The van der Waals surface area contributed by atoms with Crippen LogP contribution in [0.25, 0.3) is 0 Å². The molecule has 0 aliphatic carbocycles. The summed E-state index contributed by atoms with van der Waals surface area (Å²) in [4.78, 5) is 9.60. The largest absolute Gasteiger partial charge is 0.478 e. The lowest BCUT2D eigenvalue weighted by Gasteiger charge is -2.12. The van der Waals surface area contributed by atoms with Crippen molar-refractivity contribution >= 4 is 5.97 Å². The number of hydrogen-bond acceptors (Lipinski definition) is 3. The van der Waals surface area contributed by atoms with Crippen LogP contribution < -0.4 is 0 Å². The molecule has 0 amide bonds. The van der Waals surface area contributed by atoms with Crippen LogP contribution >= 0.6 is 0 Å². The zero-order valence-electron chi connectivity index (χ0n) is 15.4. The van der Waals surface area contributed by atoms with E-state index in [2.05, 4.69) is 13.5 Å². The highest BCUT2D eigenvalue weighted by atomic mass is 16.4. The maximum Gasteiger partial charge on any atom is 0.330 e. The second kappa shape index (κ2) is 17.5.